The molecule has 5 nitrogen and oxygen atoms in total. The topological polar surface area (TPSA) is 74.7 Å². The first-order valence-electron chi connectivity index (χ1n) is 13.6. The lowest BCUT2D eigenvalue weighted by molar-refractivity contribution is -0.348. The van der Waals surface area contributed by atoms with Crippen molar-refractivity contribution in [3.63, 3.8) is 0 Å². The molecular weight excluding hydrogens is 641 g/mol. The number of alkyl halides is 7. The minimum absolute atomic E-state index is 0.0207. The Bertz CT molecular complexity index is 1730. The van der Waals surface area contributed by atoms with E-state index in [2.05, 4.69) is 0 Å². The van der Waals surface area contributed by atoms with Gasteiger partial charge in [-0.1, -0.05) is 24.3 Å². The Balaban J connectivity index is 1.69. The third kappa shape index (κ3) is 5.17. The first-order chi connectivity index (χ1) is 20.8. The molecule has 1 fully saturated rings. The number of carbonyl (C=O) groups is 1. The van der Waals surface area contributed by atoms with Gasteiger partial charge in [0.2, 0.25) is 0 Å². The van der Waals surface area contributed by atoms with Crippen LogP contribution in [0.4, 0.5) is 39.5 Å². The molecule has 1 N–H and O–H groups in total. The highest BCUT2D eigenvalue weighted by Gasteiger charge is 2.73. The highest BCUT2D eigenvalue weighted by molar-refractivity contribution is 7.92. The predicted molar refractivity (Wildman–Crippen MR) is 142 cm³/mol. The minimum atomic E-state index is -6.38. The number of rotatable bonds is 6. The molecule has 0 saturated carbocycles. The van der Waals surface area contributed by atoms with Crippen LogP contribution in [0.1, 0.15) is 51.9 Å². The van der Waals surface area contributed by atoms with Crippen molar-refractivity contribution >= 4 is 15.8 Å². The molecule has 0 unspecified atom stereocenters. The molecule has 0 spiro atoms. The Morgan fingerprint density at radius 2 is 1.56 bits per heavy atom. The number of fused-ring (bicyclic) bond motifs is 3. The Morgan fingerprint density at radius 3 is 2.13 bits per heavy atom. The van der Waals surface area contributed by atoms with Crippen molar-refractivity contribution in [2.75, 3.05) is 6.54 Å². The number of carboxylic acids is 1. The molecule has 1 aliphatic heterocycles. The minimum Gasteiger partial charge on any atom is -0.478 e. The summed E-state index contributed by atoms with van der Waals surface area (Å²) in [6.45, 7) is -0.231. The van der Waals surface area contributed by atoms with Crippen LogP contribution in [-0.4, -0.2) is 49.3 Å². The van der Waals surface area contributed by atoms with Crippen LogP contribution in [0, 0.1) is 11.6 Å². The van der Waals surface area contributed by atoms with Crippen molar-refractivity contribution in [2.45, 2.75) is 65.9 Å². The summed E-state index contributed by atoms with van der Waals surface area (Å²) in [6, 6.07) is 7.40. The number of hydrogen-bond acceptors (Lipinski definition) is 4. The van der Waals surface area contributed by atoms with Crippen LogP contribution in [0.5, 0.6) is 0 Å². The van der Waals surface area contributed by atoms with Gasteiger partial charge in [-0.25, -0.2) is 26.4 Å². The zero-order valence-corrected chi connectivity index (χ0v) is 23.8. The maximum absolute atomic E-state index is 15.0. The molecule has 2 atom stereocenters. The number of hydrogen-bond donors (Lipinski definition) is 1. The highest BCUT2D eigenvalue weighted by atomic mass is 32.2. The van der Waals surface area contributed by atoms with Crippen molar-refractivity contribution in [2.24, 2.45) is 0 Å². The molecule has 0 amide bonds. The number of aromatic carboxylic acids is 1. The summed E-state index contributed by atoms with van der Waals surface area (Å²) in [5.41, 5.74) is -8.14. The molecule has 2 aliphatic rings. The Kier molecular flexibility index (Phi) is 8.04. The van der Waals surface area contributed by atoms with E-state index in [1.807, 2.05) is 0 Å². The summed E-state index contributed by atoms with van der Waals surface area (Å²) in [4.78, 5) is 12.5. The molecule has 5 rings (SSSR count). The number of nitrogens with zero attached hydrogens (tertiary/aromatic N) is 1. The van der Waals surface area contributed by atoms with E-state index in [4.69, 9.17) is 5.11 Å². The van der Waals surface area contributed by atoms with Gasteiger partial charge in [-0.15, -0.1) is 0 Å². The smallest absolute Gasteiger partial charge is 0.435 e. The van der Waals surface area contributed by atoms with Gasteiger partial charge < -0.3 is 5.11 Å². The first-order valence-corrected chi connectivity index (χ1v) is 15.0. The first kappa shape index (κ1) is 32.8. The molecule has 0 radical (unpaired) electrons. The molecule has 45 heavy (non-hydrogen) atoms. The normalized spacial score (nSPS) is 21.2. The molecule has 3 aromatic carbocycles. The zero-order chi connectivity index (χ0) is 33.2. The lowest BCUT2D eigenvalue weighted by Gasteiger charge is -2.38. The van der Waals surface area contributed by atoms with Crippen molar-refractivity contribution in [1.82, 2.24) is 4.90 Å². The maximum atomic E-state index is 15.0. The van der Waals surface area contributed by atoms with Gasteiger partial charge >= 0.3 is 24.0 Å². The predicted octanol–water partition coefficient (Wildman–Crippen LogP) is 7.23. The third-order valence-corrected chi connectivity index (χ3v) is 11.2. The summed E-state index contributed by atoms with van der Waals surface area (Å²) < 4.78 is 152. The van der Waals surface area contributed by atoms with E-state index in [0.29, 0.717) is 6.07 Å². The largest absolute Gasteiger partial charge is 0.478 e. The number of halogens is 9. The summed E-state index contributed by atoms with van der Waals surface area (Å²) in [5.74, 6) is -3.02. The number of benzene rings is 3. The maximum Gasteiger partial charge on any atom is 0.435 e. The average molecular weight is 666 g/mol. The van der Waals surface area contributed by atoms with Crippen molar-refractivity contribution in [3.8, 4) is 0 Å². The van der Waals surface area contributed by atoms with E-state index in [1.54, 1.807) is 4.90 Å². The Labute approximate surface area is 251 Å². The summed E-state index contributed by atoms with van der Waals surface area (Å²) >= 11 is 0. The van der Waals surface area contributed by atoms with E-state index < -0.39 is 61.8 Å². The fourth-order valence-corrected chi connectivity index (χ4v) is 8.95. The summed E-state index contributed by atoms with van der Waals surface area (Å²) in [5, 5.41) is 9.16. The van der Waals surface area contributed by atoms with E-state index in [0.717, 1.165) is 42.5 Å². The molecule has 1 heterocycles. The van der Waals surface area contributed by atoms with Crippen molar-refractivity contribution < 1.29 is 57.8 Å². The van der Waals surface area contributed by atoms with Gasteiger partial charge in [0.1, 0.15) is 16.4 Å². The average Bonchev–Trinajstić information content (AvgIpc) is 3.22. The van der Waals surface area contributed by atoms with E-state index in [1.165, 1.54) is 6.07 Å². The standard InChI is InChI=1S/C30H24F9NO4S/c31-21-7-9-22(10-8-21)45(43,44)27-12-13-40(16-19-5-4-18(26(41)42)15-24(19)32)25(27)3-1-2-17-14-20(6-11-23(17)27)28(33,29(34,35)36)30(37,38)39/h4-11,14-15,25H,1-3,12-13,16H2,(H,41,42)/t25-,27-/m0/s1. The second kappa shape index (κ2) is 11.0. The van der Waals surface area contributed by atoms with Gasteiger partial charge in [-0.2, -0.15) is 26.3 Å². The van der Waals surface area contributed by atoms with Gasteiger partial charge in [-0.05, 0) is 73.2 Å². The van der Waals surface area contributed by atoms with Crippen molar-refractivity contribution in [1.29, 1.82) is 0 Å². The fourth-order valence-electron chi connectivity index (χ4n) is 6.56. The van der Waals surface area contributed by atoms with Gasteiger partial charge in [-0.3, -0.25) is 4.90 Å². The van der Waals surface area contributed by atoms with Gasteiger partial charge in [0.05, 0.1) is 10.5 Å². The molecule has 0 bridgehead atoms. The van der Waals surface area contributed by atoms with E-state index in [-0.39, 0.29) is 72.0 Å². The van der Waals surface area contributed by atoms with Gasteiger partial charge in [0, 0.05) is 30.3 Å². The number of sulfone groups is 1. The number of carboxylic acid groups (broad SMARTS) is 1. The Morgan fingerprint density at radius 1 is 0.911 bits per heavy atom. The second-order valence-corrected chi connectivity index (χ2v) is 13.3. The van der Waals surface area contributed by atoms with Crippen LogP contribution in [-0.2, 0) is 33.2 Å². The van der Waals surface area contributed by atoms with Crippen LogP contribution in [0.2, 0.25) is 0 Å². The quantitative estimate of drug-likeness (QED) is 0.222. The number of aryl methyl sites for hydroxylation is 1. The molecule has 15 heteroatoms. The lowest BCUT2D eigenvalue weighted by Crippen LogP contribution is -2.50. The Hall–Kier alpha value is -3.59. The summed E-state index contributed by atoms with van der Waals surface area (Å²) in [6.07, 6.45) is -13.1. The van der Waals surface area contributed by atoms with Crippen LogP contribution in [0.15, 0.2) is 65.6 Å². The van der Waals surface area contributed by atoms with Crippen molar-refractivity contribution in [3.05, 3.63) is 100 Å². The molecular formula is C30H24F9NO4S. The monoisotopic (exact) mass is 665 g/mol. The number of likely N-dealkylation sites (tertiary alicyclic amines) is 1. The highest BCUT2D eigenvalue weighted by Crippen LogP contribution is 2.56. The van der Waals surface area contributed by atoms with Crippen LogP contribution in [0.3, 0.4) is 0 Å². The summed E-state index contributed by atoms with van der Waals surface area (Å²) in [7, 11) is -4.59. The van der Waals surface area contributed by atoms with Gasteiger partial charge in [0.25, 0.3) is 0 Å². The molecule has 242 valence electrons. The third-order valence-electron chi connectivity index (χ3n) is 8.69. The molecule has 3 aromatic rings. The van der Waals surface area contributed by atoms with Crippen LogP contribution < -0.4 is 0 Å². The fraction of sp³-hybridized carbons (Fsp3) is 0.367. The molecule has 1 saturated heterocycles. The van der Waals surface area contributed by atoms with E-state index in [9.17, 15) is 48.3 Å². The van der Waals surface area contributed by atoms with E-state index >= 15 is 4.39 Å². The molecule has 0 aromatic heterocycles. The van der Waals surface area contributed by atoms with Crippen LogP contribution in [0.25, 0.3) is 0 Å². The van der Waals surface area contributed by atoms with Gasteiger partial charge in [0.15, 0.2) is 9.84 Å². The lowest BCUT2D eigenvalue weighted by atomic mass is 9.84. The SMILES string of the molecule is O=C(O)c1ccc(CN2CC[C@]3(S(=O)(=O)c4ccc(F)cc4)c4ccc(C(F)(C(F)(F)F)C(F)(F)F)cc4CCC[C@H]23)c(F)c1. The zero-order valence-electron chi connectivity index (χ0n) is 23.0. The second-order valence-electron chi connectivity index (χ2n) is 11.1. The molecule has 1 aliphatic carbocycles. The van der Waals surface area contributed by atoms with Crippen LogP contribution >= 0.6 is 0 Å².